The van der Waals surface area contributed by atoms with Gasteiger partial charge in [-0.25, -0.2) is 0 Å². The van der Waals surface area contributed by atoms with Gasteiger partial charge in [0.2, 0.25) is 0 Å². The average molecular weight is 305 g/mol. The molecule has 4 rings (SSSR count). The zero-order valence-electron chi connectivity index (χ0n) is 13.6. The number of ketones is 1. The van der Waals surface area contributed by atoms with E-state index in [0.717, 1.165) is 25.8 Å². The van der Waals surface area contributed by atoms with Crippen LogP contribution in [0.3, 0.4) is 0 Å². The maximum Gasteiger partial charge on any atom is 0.145 e. The molecule has 0 amide bonds. The van der Waals surface area contributed by atoms with Crippen molar-refractivity contribution in [1.82, 2.24) is 0 Å². The van der Waals surface area contributed by atoms with Crippen LogP contribution in [0.25, 0.3) is 0 Å². The molecule has 0 bridgehead atoms. The fraction of sp³-hybridized carbons (Fsp3) is 0.381. The van der Waals surface area contributed by atoms with Crippen LogP contribution in [0, 0.1) is 5.92 Å². The van der Waals surface area contributed by atoms with E-state index in [-0.39, 0.29) is 11.8 Å². The van der Waals surface area contributed by atoms with Gasteiger partial charge in [-0.05, 0) is 36.5 Å². The van der Waals surface area contributed by atoms with Crippen LogP contribution in [-0.2, 0) is 11.3 Å². The number of nitrogens with zero attached hydrogens (tertiary/aromatic N) is 1. The monoisotopic (exact) mass is 305 g/mol. The second-order valence-electron chi connectivity index (χ2n) is 6.80. The summed E-state index contributed by atoms with van der Waals surface area (Å²) >= 11 is 0. The molecule has 1 aliphatic carbocycles. The van der Waals surface area contributed by atoms with Crippen molar-refractivity contribution in [2.45, 2.75) is 44.7 Å². The molecule has 1 fully saturated rings. The highest BCUT2D eigenvalue weighted by Gasteiger charge is 2.46. The molecule has 23 heavy (non-hydrogen) atoms. The molecule has 2 aromatic carbocycles. The Kier molecular flexibility index (Phi) is 3.68. The summed E-state index contributed by atoms with van der Waals surface area (Å²) in [6.45, 7) is 3.04. The van der Waals surface area contributed by atoms with Gasteiger partial charge in [-0.3, -0.25) is 4.79 Å². The number of hydrogen-bond donors (Lipinski definition) is 0. The van der Waals surface area contributed by atoms with Crippen molar-refractivity contribution >= 4 is 11.5 Å². The molecule has 2 aliphatic rings. The Labute approximate surface area is 138 Å². The van der Waals surface area contributed by atoms with E-state index in [4.69, 9.17) is 0 Å². The lowest BCUT2D eigenvalue weighted by molar-refractivity contribution is -0.126. The number of benzene rings is 2. The van der Waals surface area contributed by atoms with Crippen LogP contribution in [0.2, 0.25) is 0 Å². The van der Waals surface area contributed by atoms with Gasteiger partial charge in [0.1, 0.15) is 5.78 Å². The number of carbonyl (C=O) groups excluding carboxylic acids is 1. The van der Waals surface area contributed by atoms with Crippen molar-refractivity contribution in [2.24, 2.45) is 5.92 Å². The number of rotatable bonds is 3. The van der Waals surface area contributed by atoms with E-state index in [2.05, 4.69) is 66.4 Å². The van der Waals surface area contributed by atoms with Crippen molar-refractivity contribution in [1.29, 1.82) is 0 Å². The molecule has 2 nitrogen and oxygen atoms in total. The summed E-state index contributed by atoms with van der Waals surface area (Å²) < 4.78 is 0. The van der Waals surface area contributed by atoms with Crippen LogP contribution in [0.1, 0.15) is 43.2 Å². The molecule has 0 aromatic heterocycles. The van der Waals surface area contributed by atoms with Crippen molar-refractivity contribution in [3.05, 3.63) is 65.7 Å². The molecule has 0 saturated heterocycles. The van der Waals surface area contributed by atoms with Gasteiger partial charge in [0.15, 0.2) is 0 Å². The zero-order chi connectivity index (χ0) is 15.8. The summed E-state index contributed by atoms with van der Waals surface area (Å²) in [5.41, 5.74) is 3.82. The molecule has 0 N–H and O–H groups in total. The quantitative estimate of drug-likeness (QED) is 0.829. The normalized spacial score (nSPS) is 26.0. The SMILES string of the molecule is CC[C@H]1CC[C@@H]2[C@@H](C1=O)c1ccccc1N2Cc1ccccc1. The van der Waals surface area contributed by atoms with Crippen molar-refractivity contribution in [3.8, 4) is 0 Å². The average Bonchev–Trinajstić information content (AvgIpc) is 2.91. The Morgan fingerprint density at radius 2 is 1.74 bits per heavy atom. The van der Waals surface area contributed by atoms with Gasteiger partial charge < -0.3 is 4.90 Å². The largest absolute Gasteiger partial charge is 0.363 e. The number of Topliss-reactive ketones (excluding diaryl/α,β-unsaturated/α-hetero) is 1. The minimum absolute atomic E-state index is 0.0774. The molecule has 118 valence electrons. The smallest absolute Gasteiger partial charge is 0.145 e. The lowest BCUT2D eigenvalue weighted by Gasteiger charge is -2.36. The Balaban J connectivity index is 1.72. The minimum atomic E-state index is 0.0774. The summed E-state index contributed by atoms with van der Waals surface area (Å²) in [6, 6.07) is 19.4. The first-order chi connectivity index (χ1) is 11.3. The van der Waals surface area contributed by atoms with E-state index in [0.29, 0.717) is 11.8 Å². The maximum absolute atomic E-state index is 13.0. The lowest BCUT2D eigenvalue weighted by Crippen LogP contribution is -2.42. The molecule has 1 aliphatic heterocycles. The van der Waals surface area contributed by atoms with Crippen LogP contribution in [0.5, 0.6) is 0 Å². The molecule has 1 heterocycles. The number of carbonyl (C=O) groups is 1. The third-order valence-corrected chi connectivity index (χ3v) is 5.57. The van der Waals surface area contributed by atoms with Crippen LogP contribution in [-0.4, -0.2) is 11.8 Å². The summed E-state index contributed by atoms with van der Waals surface area (Å²) in [7, 11) is 0. The van der Waals surface area contributed by atoms with Gasteiger partial charge in [-0.1, -0.05) is 55.5 Å². The van der Waals surface area contributed by atoms with Crippen molar-refractivity contribution in [2.75, 3.05) is 4.90 Å². The third-order valence-electron chi connectivity index (χ3n) is 5.57. The van der Waals surface area contributed by atoms with Gasteiger partial charge in [0.25, 0.3) is 0 Å². The van der Waals surface area contributed by atoms with Crippen LogP contribution in [0.15, 0.2) is 54.6 Å². The van der Waals surface area contributed by atoms with E-state index in [9.17, 15) is 4.79 Å². The van der Waals surface area contributed by atoms with Gasteiger partial charge in [-0.15, -0.1) is 0 Å². The van der Waals surface area contributed by atoms with E-state index < -0.39 is 0 Å². The van der Waals surface area contributed by atoms with E-state index in [1.54, 1.807) is 0 Å². The third kappa shape index (κ3) is 2.37. The Bertz CT molecular complexity index is 709. The first kappa shape index (κ1) is 14.5. The molecule has 0 spiro atoms. The molecular formula is C21H23NO. The van der Waals surface area contributed by atoms with Crippen LogP contribution in [0.4, 0.5) is 5.69 Å². The highest BCUT2D eigenvalue weighted by molar-refractivity contribution is 5.93. The van der Waals surface area contributed by atoms with Gasteiger partial charge >= 0.3 is 0 Å². The first-order valence-corrected chi connectivity index (χ1v) is 8.72. The summed E-state index contributed by atoms with van der Waals surface area (Å²) in [5.74, 6) is 0.793. The number of anilines is 1. The molecule has 1 saturated carbocycles. The predicted octanol–water partition coefficient (Wildman–Crippen LogP) is 4.55. The fourth-order valence-electron chi connectivity index (χ4n) is 4.40. The topological polar surface area (TPSA) is 20.3 Å². The number of hydrogen-bond acceptors (Lipinski definition) is 2. The van der Waals surface area contributed by atoms with Gasteiger partial charge in [0.05, 0.1) is 5.92 Å². The highest BCUT2D eigenvalue weighted by Crippen LogP contribution is 2.48. The first-order valence-electron chi connectivity index (χ1n) is 8.72. The molecule has 0 unspecified atom stereocenters. The molecule has 3 atom stereocenters. The molecule has 2 heteroatoms. The van der Waals surface area contributed by atoms with E-state index in [1.165, 1.54) is 16.8 Å². The standard InChI is InChI=1S/C21H23NO/c1-2-16-12-13-19-20(21(16)23)17-10-6-7-11-18(17)22(19)14-15-8-4-3-5-9-15/h3-11,16,19-20H,2,12-14H2,1H3/t16-,19+,20-/m0/s1. The fourth-order valence-corrected chi connectivity index (χ4v) is 4.40. The number of para-hydroxylation sites is 1. The zero-order valence-corrected chi connectivity index (χ0v) is 13.6. The van der Waals surface area contributed by atoms with Gasteiger partial charge in [0, 0.05) is 24.2 Å². The van der Waals surface area contributed by atoms with Crippen molar-refractivity contribution in [3.63, 3.8) is 0 Å². The summed E-state index contributed by atoms with van der Waals surface area (Å²) in [5, 5.41) is 0. The minimum Gasteiger partial charge on any atom is -0.363 e. The molecule has 0 radical (unpaired) electrons. The Morgan fingerprint density at radius 1 is 1.00 bits per heavy atom. The Morgan fingerprint density at radius 3 is 2.52 bits per heavy atom. The van der Waals surface area contributed by atoms with E-state index in [1.807, 2.05) is 0 Å². The second kappa shape index (κ2) is 5.84. The van der Waals surface area contributed by atoms with Crippen molar-refractivity contribution < 1.29 is 4.79 Å². The second-order valence-corrected chi connectivity index (χ2v) is 6.80. The van der Waals surface area contributed by atoms with Crippen LogP contribution < -0.4 is 4.90 Å². The maximum atomic E-state index is 13.0. The molecular weight excluding hydrogens is 282 g/mol. The predicted molar refractivity (Wildman–Crippen MR) is 93.6 cm³/mol. The Hall–Kier alpha value is -2.09. The highest BCUT2D eigenvalue weighted by atomic mass is 16.1. The van der Waals surface area contributed by atoms with Gasteiger partial charge in [-0.2, -0.15) is 0 Å². The lowest BCUT2D eigenvalue weighted by atomic mass is 9.74. The van der Waals surface area contributed by atoms with Crippen LogP contribution >= 0.6 is 0 Å². The van der Waals surface area contributed by atoms with E-state index >= 15 is 0 Å². The number of fused-ring (bicyclic) bond motifs is 3. The molecule has 2 aromatic rings. The summed E-state index contributed by atoms with van der Waals surface area (Å²) in [4.78, 5) is 15.4. The summed E-state index contributed by atoms with van der Waals surface area (Å²) in [6.07, 6.45) is 3.13.